The minimum Gasteiger partial charge on any atom is -0.501 e. The van der Waals surface area contributed by atoms with Crippen molar-refractivity contribution in [1.29, 1.82) is 0 Å². The van der Waals surface area contributed by atoms with Crippen molar-refractivity contribution in [3.63, 3.8) is 0 Å². The van der Waals surface area contributed by atoms with Gasteiger partial charge in [-0.25, -0.2) is 0 Å². The van der Waals surface area contributed by atoms with Crippen molar-refractivity contribution in [2.45, 2.75) is 189 Å². The van der Waals surface area contributed by atoms with Crippen LogP contribution in [0.2, 0.25) is 0 Å². The molecule has 1 aliphatic heterocycles. The van der Waals surface area contributed by atoms with Crippen LogP contribution in [0.5, 0.6) is 0 Å². The number of rotatable bonds is 8. The Labute approximate surface area is 313 Å². The number of hydrogen-bond acceptors (Lipinski definition) is 3. The molecule has 0 aliphatic carbocycles. The van der Waals surface area contributed by atoms with E-state index in [0.29, 0.717) is 0 Å². The van der Waals surface area contributed by atoms with Gasteiger partial charge in [-0.1, -0.05) is 159 Å². The van der Waals surface area contributed by atoms with Crippen LogP contribution in [0, 0.1) is 0 Å². The van der Waals surface area contributed by atoms with Crippen molar-refractivity contribution in [3.8, 4) is 0 Å². The van der Waals surface area contributed by atoms with Crippen LogP contribution in [0.15, 0.2) is 12.3 Å². The Morgan fingerprint density at radius 1 is 0.568 bits per heavy atom. The summed E-state index contributed by atoms with van der Waals surface area (Å²) in [5.74, 6) is 1.97. The zero-order valence-electron chi connectivity index (χ0n) is 32.3. The van der Waals surface area contributed by atoms with Crippen molar-refractivity contribution < 1.29 is 4.74 Å². The van der Waals surface area contributed by atoms with Crippen LogP contribution in [-0.4, -0.2) is 65.5 Å². The molecule has 2 aromatic heterocycles. The molecule has 2 aromatic rings. The Bertz CT molecular complexity index is 1010. The van der Waals surface area contributed by atoms with Crippen molar-refractivity contribution in [3.05, 3.63) is 46.8 Å². The molecule has 3 rings (SSSR count). The van der Waals surface area contributed by atoms with Crippen LogP contribution in [0.25, 0.3) is 0 Å². The van der Waals surface area contributed by atoms with Gasteiger partial charge in [0.2, 0.25) is 0 Å². The fourth-order valence-electron chi connectivity index (χ4n) is 4.25. The van der Waals surface area contributed by atoms with Gasteiger partial charge in [-0.15, -0.1) is 0 Å². The summed E-state index contributed by atoms with van der Waals surface area (Å²) in [5.41, 5.74) is 5.21. The van der Waals surface area contributed by atoms with Crippen LogP contribution in [0.4, 0.5) is 0 Å². The summed E-state index contributed by atoms with van der Waals surface area (Å²) < 4.78 is 4.76. The molecule has 0 amide bonds. The normalized spacial score (nSPS) is 14.2. The molecule has 0 fully saturated rings. The summed E-state index contributed by atoms with van der Waals surface area (Å²) in [7, 11) is 0. The van der Waals surface area contributed by atoms with Gasteiger partial charge in [0.15, 0.2) is 0 Å². The van der Waals surface area contributed by atoms with E-state index in [1.807, 2.05) is 6.08 Å². The van der Waals surface area contributed by atoms with Crippen LogP contribution in [0.3, 0.4) is 0 Å². The second-order valence-electron chi connectivity index (χ2n) is 17.0. The molecular formula is C38H68BaN4O. The standard InChI is InChI=1S/2C17H31N2.C4H6O.Ba/c2*1-10-16(6,7)12-13(17(8,9)11-2)19-14(18-12)15(3,4)5;1-2-4-5-3-1;/h2*10-11H2,1-9H3;1,3H,2,4H2;/q2*-1;;+2. The van der Waals surface area contributed by atoms with Gasteiger partial charge in [0.05, 0.1) is 12.9 Å². The molecule has 6 heteroatoms. The first-order chi connectivity index (χ1) is 19.4. The first-order valence-corrected chi connectivity index (χ1v) is 16.8. The fraction of sp³-hybridized carbons (Fsp3) is 0.789. The number of aromatic nitrogens is 4. The molecule has 0 radical (unpaired) electrons. The van der Waals surface area contributed by atoms with E-state index < -0.39 is 0 Å². The van der Waals surface area contributed by atoms with Gasteiger partial charge >= 0.3 is 48.9 Å². The average Bonchev–Trinajstić information content (AvgIpc) is 3.69. The molecule has 0 saturated heterocycles. The SMILES string of the molecule is C1=COCC1.CCC(C)(C)c1nc(C(C)(C)C)[n-]c1C(C)(C)CC.CCC(C)(C)c1nc(C(C)(C)C)[n-]c1C(C)(C)CC.[Ba+2]. The zero-order chi connectivity index (χ0) is 33.7. The quantitative estimate of drug-likeness (QED) is 0.253. The molecule has 3 heterocycles. The molecule has 1 aliphatic rings. The molecule has 0 saturated carbocycles. The van der Waals surface area contributed by atoms with E-state index >= 15 is 0 Å². The fourth-order valence-corrected chi connectivity index (χ4v) is 4.25. The first-order valence-electron chi connectivity index (χ1n) is 16.8. The third-order valence-electron chi connectivity index (χ3n) is 9.36. The van der Waals surface area contributed by atoms with Crippen molar-refractivity contribution in [1.82, 2.24) is 19.9 Å². The van der Waals surface area contributed by atoms with E-state index in [9.17, 15) is 0 Å². The van der Waals surface area contributed by atoms with Crippen LogP contribution < -0.4 is 9.97 Å². The van der Waals surface area contributed by atoms with Crippen molar-refractivity contribution in [2.75, 3.05) is 6.61 Å². The maximum absolute atomic E-state index is 4.93. The third kappa shape index (κ3) is 11.6. The van der Waals surface area contributed by atoms with Gasteiger partial charge < -0.3 is 24.7 Å². The molecule has 248 valence electrons. The summed E-state index contributed by atoms with van der Waals surface area (Å²) in [6, 6.07) is 0. The van der Waals surface area contributed by atoms with Crippen LogP contribution >= 0.6 is 0 Å². The first kappa shape index (κ1) is 43.5. The zero-order valence-corrected chi connectivity index (χ0v) is 36.7. The summed E-state index contributed by atoms with van der Waals surface area (Å²) in [4.78, 5) is 19.7. The second kappa shape index (κ2) is 16.6. The van der Waals surface area contributed by atoms with E-state index in [4.69, 9.17) is 24.7 Å². The van der Waals surface area contributed by atoms with Crippen molar-refractivity contribution in [2.24, 2.45) is 0 Å². The minimum absolute atomic E-state index is 0. The maximum Gasteiger partial charge on any atom is 2.00 e. The van der Waals surface area contributed by atoms with Gasteiger partial charge in [0, 0.05) is 6.42 Å². The van der Waals surface area contributed by atoms with E-state index in [0.717, 1.165) is 50.4 Å². The molecule has 5 nitrogen and oxygen atoms in total. The predicted octanol–water partition coefficient (Wildman–Crippen LogP) is 9.96. The van der Waals surface area contributed by atoms with Crippen LogP contribution in [-0.2, 0) is 37.2 Å². The molecule has 0 unspecified atom stereocenters. The number of ether oxygens (including phenoxy) is 1. The molecule has 0 spiro atoms. The number of imidazole rings is 2. The van der Waals surface area contributed by atoms with E-state index in [1.165, 1.54) is 22.8 Å². The van der Waals surface area contributed by atoms with Crippen LogP contribution in [0.1, 0.15) is 191 Å². The van der Waals surface area contributed by atoms with Crippen molar-refractivity contribution >= 4 is 48.9 Å². The summed E-state index contributed by atoms with van der Waals surface area (Å²) in [6.07, 6.45) is 9.19. The van der Waals surface area contributed by atoms with E-state index in [-0.39, 0.29) is 81.4 Å². The largest absolute Gasteiger partial charge is 2.00 e. The smallest absolute Gasteiger partial charge is 0.501 e. The molecule has 0 N–H and O–H groups in total. The van der Waals surface area contributed by atoms with Gasteiger partial charge in [-0.3, -0.25) is 0 Å². The van der Waals surface area contributed by atoms with Gasteiger partial charge in [0.1, 0.15) is 0 Å². The molecule has 44 heavy (non-hydrogen) atoms. The summed E-state index contributed by atoms with van der Waals surface area (Å²) >= 11 is 0. The third-order valence-corrected chi connectivity index (χ3v) is 9.36. The summed E-state index contributed by atoms with van der Waals surface area (Å²) in [6.45, 7) is 41.2. The minimum atomic E-state index is 0. The average molecular weight is 734 g/mol. The van der Waals surface area contributed by atoms with Gasteiger partial charge in [0.25, 0.3) is 0 Å². The van der Waals surface area contributed by atoms with E-state index in [1.54, 1.807) is 6.26 Å². The number of hydrogen-bond donors (Lipinski definition) is 0. The molecule has 0 atom stereocenters. The Morgan fingerprint density at radius 2 is 0.886 bits per heavy atom. The second-order valence-corrected chi connectivity index (χ2v) is 17.0. The predicted molar refractivity (Wildman–Crippen MR) is 191 cm³/mol. The summed E-state index contributed by atoms with van der Waals surface area (Å²) in [5, 5.41) is 0. The molecule has 0 bridgehead atoms. The van der Waals surface area contributed by atoms with Gasteiger partial charge in [-0.05, 0) is 64.2 Å². The Hall–Kier alpha value is -0.469. The van der Waals surface area contributed by atoms with Gasteiger partial charge in [-0.2, -0.15) is 0 Å². The monoisotopic (exact) mass is 734 g/mol. The molecular weight excluding hydrogens is 666 g/mol. The molecule has 0 aromatic carbocycles. The Morgan fingerprint density at radius 3 is 1.07 bits per heavy atom. The maximum atomic E-state index is 4.93. The van der Waals surface area contributed by atoms with E-state index in [2.05, 4.69) is 125 Å². The Balaban J connectivity index is 0.000000709. The number of nitrogens with zero attached hydrogens (tertiary/aromatic N) is 4. The topological polar surface area (TPSA) is 63.2 Å². The Kier molecular flexibility index (Phi) is 16.4.